The molecule has 0 atom stereocenters. The van der Waals surface area contributed by atoms with E-state index in [9.17, 15) is 4.79 Å². The third-order valence-electron chi connectivity index (χ3n) is 3.14. The number of nitrogens with one attached hydrogen (secondary N) is 1. The van der Waals surface area contributed by atoms with E-state index in [-0.39, 0.29) is 12.3 Å². The Morgan fingerprint density at radius 2 is 1.95 bits per heavy atom. The number of carbonyl (C=O) groups excluding carboxylic acids is 1. The van der Waals surface area contributed by atoms with Crippen molar-refractivity contribution in [1.29, 1.82) is 5.26 Å². The zero-order valence-corrected chi connectivity index (χ0v) is 12.5. The number of aryl methyl sites for hydroxylation is 1. The molecule has 1 N–H and O–H groups in total. The monoisotopic (exact) mass is 294 g/mol. The van der Waals surface area contributed by atoms with Gasteiger partial charge in [0.1, 0.15) is 18.8 Å². The van der Waals surface area contributed by atoms with Gasteiger partial charge >= 0.3 is 0 Å². The molecule has 0 aliphatic rings. The molecule has 0 saturated carbocycles. The Bertz CT molecular complexity index is 672. The highest BCUT2D eigenvalue weighted by molar-refractivity contribution is 5.77. The number of ether oxygens (including phenoxy) is 1. The average molecular weight is 294 g/mol. The van der Waals surface area contributed by atoms with E-state index in [4.69, 9.17) is 10.00 Å². The maximum absolute atomic E-state index is 11.2. The molecule has 0 spiro atoms. The van der Waals surface area contributed by atoms with Gasteiger partial charge < -0.3 is 10.1 Å². The summed E-state index contributed by atoms with van der Waals surface area (Å²) in [5, 5.41) is 11.1. The van der Waals surface area contributed by atoms with Gasteiger partial charge in [0.05, 0.1) is 6.07 Å². The molecule has 0 radical (unpaired) electrons. The van der Waals surface area contributed by atoms with E-state index in [0.29, 0.717) is 13.2 Å². The molecule has 0 bridgehead atoms. The first-order valence-electron chi connectivity index (χ1n) is 7.08. The van der Waals surface area contributed by atoms with E-state index >= 15 is 0 Å². The SMILES string of the molecule is Cc1cccc(COc2ccc(CNC(=O)CC#N)cc2)c1. The van der Waals surface area contributed by atoms with E-state index in [1.807, 2.05) is 42.5 Å². The van der Waals surface area contributed by atoms with E-state index < -0.39 is 0 Å². The third-order valence-corrected chi connectivity index (χ3v) is 3.14. The Balaban J connectivity index is 1.84. The number of rotatable bonds is 6. The fraction of sp³-hybridized carbons (Fsp3) is 0.222. The fourth-order valence-electron chi connectivity index (χ4n) is 2.01. The van der Waals surface area contributed by atoms with Crippen LogP contribution in [0.25, 0.3) is 0 Å². The molecule has 1 amide bonds. The van der Waals surface area contributed by atoms with Crippen molar-refractivity contribution in [2.45, 2.75) is 26.5 Å². The zero-order chi connectivity index (χ0) is 15.8. The molecule has 4 nitrogen and oxygen atoms in total. The lowest BCUT2D eigenvalue weighted by Crippen LogP contribution is -2.21. The van der Waals surface area contributed by atoms with E-state index in [2.05, 4.69) is 24.4 Å². The summed E-state index contributed by atoms with van der Waals surface area (Å²) >= 11 is 0. The summed E-state index contributed by atoms with van der Waals surface area (Å²) < 4.78 is 5.74. The summed E-state index contributed by atoms with van der Waals surface area (Å²) in [5.41, 5.74) is 3.31. The normalized spacial score (nSPS) is 9.82. The predicted octanol–water partition coefficient (Wildman–Crippen LogP) is 3.10. The van der Waals surface area contributed by atoms with Gasteiger partial charge in [0.15, 0.2) is 0 Å². The highest BCUT2D eigenvalue weighted by atomic mass is 16.5. The summed E-state index contributed by atoms with van der Waals surface area (Å²) in [6.45, 7) is 3.00. The van der Waals surface area contributed by atoms with Crippen LogP contribution in [0.3, 0.4) is 0 Å². The van der Waals surface area contributed by atoms with Crippen molar-refractivity contribution in [2.24, 2.45) is 0 Å². The lowest BCUT2D eigenvalue weighted by atomic mass is 10.1. The van der Waals surface area contributed by atoms with Gasteiger partial charge in [-0.25, -0.2) is 0 Å². The quantitative estimate of drug-likeness (QED) is 0.890. The van der Waals surface area contributed by atoms with Crippen LogP contribution in [0.1, 0.15) is 23.1 Å². The Morgan fingerprint density at radius 1 is 1.18 bits per heavy atom. The van der Waals surface area contributed by atoms with E-state index in [1.54, 1.807) is 0 Å². The summed E-state index contributed by atoms with van der Waals surface area (Å²) in [6.07, 6.45) is -0.113. The molecule has 2 aromatic carbocycles. The first-order valence-corrected chi connectivity index (χ1v) is 7.08. The Labute approximate surface area is 130 Å². The van der Waals surface area contributed by atoms with Crippen molar-refractivity contribution in [1.82, 2.24) is 5.32 Å². The average Bonchev–Trinajstić information content (AvgIpc) is 2.52. The van der Waals surface area contributed by atoms with Crippen LogP contribution in [-0.4, -0.2) is 5.91 Å². The van der Waals surface area contributed by atoms with Gasteiger partial charge in [-0.15, -0.1) is 0 Å². The van der Waals surface area contributed by atoms with Crippen molar-refractivity contribution >= 4 is 5.91 Å². The number of hydrogen-bond donors (Lipinski definition) is 1. The minimum absolute atomic E-state index is 0.113. The highest BCUT2D eigenvalue weighted by Crippen LogP contribution is 2.14. The van der Waals surface area contributed by atoms with Crippen LogP contribution < -0.4 is 10.1 Å². The first-order chi connectivity index (χ1) is 10.7. The Hall–Kier alpha value is -2.80. The fourth-order valence-corrected chi connectivity index (χ4v) is 2.01. The van der Waals surface area contributed by atoms with Gasteiger partial charge in [0.25, 0.3) is 0 Å². The van der Waals surface area contributed by atoms with Crippen molar-refractivity contribution < 1.29 is 9.53 Å². The number of benzene rings is 2. The van der Waals surface area contributed by atoms with Crippen LogP contribution in [0.4, 0.5) is 0 Å². The number of hydrogen-bond acceptors (Lipinski definition) is 3. The molecule has 0 heterocycles. The Morgan fingerprint density at radius 3 is 2.64 bits per heavy atom. The summed E-state index contributed by atoms with van der Waals surface area (Å²) in [7, 11) is 0. The van der Waals surface area contributed by atoms with E-state index in [0.717, 1.165) is 16.9 Å². The van der Waals surface area contributed by atoms with Gasteiger partial charge in [-0.2, -0.15) is 5.26 Å². The van der Waals surface area contributed by atoms with Gasteiger partial charge in [-0.1, -0.05) is 42.0 Å². The number of nitrogens with zero attached hydrogens (tertiary/aromatic N) is 1. The standard InChI is InChI=1S/C18H18N2O2/c1-14-3-2-4-16(11-14)13-22-17-7-5-15(6-8-17)12-20-18(21)9-10-19/h2-8,11H,9,12-13H2,1H3,(H,20,21). The minimum atomic E-state index is -0.262. The van der Waals surface area contributed by atoms with Gasteiger partial charge in [0, 0.05) is 6.54 Å². The predicted molar refractivity (Wildman–Crippen MR) is 84.0 cm³/mol. The molecule has 0 fully saturated rings. The maximum Gasteiger partial charge on any atom is 0.234 e. The molecule has 0 unspecified atom stereocenters. The van der Waals surface area contributed by atoms with Crippen molar-refractivity contribution in [3.8, 4) is 11.8 Å². The second-order valence-electron chi connectivity index (χ2n) is 5.03. The molecule has 0 aromatic heterocycles. The molecule has 2 aromatic rings. The largest absolute Gasteiger partial charge is 0.489 e. The first kappa shape index (κ1) is 15.6. The van der Waals surface area contributed by atoms with Crippen LogP contribution in [0, 0.1) is 18.3 Å². The Kier molecular flexibility index (Phi) is 5.56. The van der Waals surface area contributed by atoms with Gasteiger partial charge in [0.2, 0.25) is 5.91 Å². The zero-order valence-electron chi connectivity index (χ0n) is 12.5. The molecule has 0 saturated heterocycles. The summed E-state index contributed by atoms with van der Waals surface area (Å²) in [4.78, 5) is 11.2. The van der Waals surface area contributed by atoms with Crippen molar-refractivity contribution in [2.75, 3.05) is 0 Å². The maximum atomic E-state index is 11.2. The van der Waals surface area contributed by atoms with Gasteiger partial charge in [-0.05, 0) is 30.2 Å². The van der Waals surface area contributed by atoms with Gasteiger partial charge in [-0.3, -0.25) is 4.79 Å². The lowest BCUT2D eigenvalue weighted by molar-refractivity contribution is -0.120. The molecule has 112 valence electrons. The molecular formula is C18H18N2O2. The number of amides is 1. The number of nitriles is 1. The summed E-state index contributed by atoms with van der Waals surface area (Å²) in [5.74, 6) is 0.524. The number of carbonyl (C=O) groups is 1. The summed E-state index contributed by atoms with van der Waals surface area (Å²) in [6, 6.07) is 17.6. The molecule has 4 heteroatoms. The molecule has 0 aliphatic heterocycles. The minimum Gasteiger partial charge on any atom is -0.489 e. The molecule has 2 rings (SSSR count). The lowest BCUT2D eigenvalue weighted by Gasteiger charge is -2.08. The second-order valence-corrected chi connectivity index (χ2v) is 5.03. The van der Waals surface area contributed by atoms with Crippen LogP contribution in [0.15, 0.2) is 48.5 Å². The highest BCUT2D eigenvalue weighted by Gasteiger charge is 2.01. The molecule has 0 aliphatic carbocycles. The molecular weight excluding hydrogens is 276 g/mol. The van der Waals surface area contributed by atoms with Crippen LogP contribution >= 0.6 is 0 Å². The van der Waals surface area contributed by atoms with Crippen LogP contribution in [0.2, 0.25) is 0 Å². The van der Waals surface area contributed by atoms with Crippen molar-refractivity contribution in [3.05, 3.63) is 65.2 Å². The van der Waals surface area contributed by atoms with Crippen molar-refractivity contribution in [3.63, 3.8) is 0 Å². The van der Waals surface area contributed by atoms with Crippen LogP contribution in [-0.2, 0) is 17.9 Å². The third kappa shape index (κ3) is 4.95. The van der Waals surface area contributed by atoms with Crippen LogP contribution in [0.5, 0.6) is 5.75 Å². The molecule has 22 heavy (non-hydrogen) atoms. The van der Waals surface area contributed by atoms with E-state index in [1.165, 1.54) is 5.56 Å². The smallest absolute Gasteiger partial charge is 0.234 e. The topological polar surface area (TPSA) is 62.1 Å². The second kappa shape index (κ2) is 7.84.